The summed E-state index contributed by atoms with van der Waals surface area (Å²) in [5.74, 6) is -0.902. The van der Waals surface area contributed by atoms with Crippen molar-refractivity contribution >= 4 is 40.4 Å². The van der Waals surface area contributed by atoms with E-state index in [4.69, 9.17) is 9.47 Å². The van der Waals surface area contributed by atoms with Gasteiger partial charge in [0.1, 0.15) is 0 Å². The second kappa shape index (κ2) is 9.86. The summed E-state index contributed by atoms with van der Waals surface area (Å²) in [6.07, 6.45) is 0.154. The van der Waals surface area contributed by atoms with Crippen molar-refractivity contribution in [2.24, 2.45) is 0 Å². The number of morpholine rings is 1. The number of anilines is 2. The minimum absolute atomic E-state index is 0.0407. The third-order valence-corrected chi connectivity index (χ3v) is 5.95. The van der Waals surface area contributed by atoms with Crippen LogP contribution in [0.5, 0.6) is 0 Å². The van der Waals surface area contributed by atoms with Gasteiger partial charge >= 0.3 is 5.97 Å². The van der Waals surface area contributed by atoms with E-state index in [1.165, 1.54) is 7.11 Å². The molecule has 1 aromatic heterocycles. The number of nitrogens with zero attached hydrogens (tertiary/aromatic N) is 1. The number of amides is 1. The highest BCUT2D eigenvalue weighted by atomic mass is 32.1. The quantitative estimate of drug-likeness (QED) is 0.534. The first kappa shape index (κ1) is 22.0. The Morgan fingerprint density at radius 1 is 1.10 bits per heavy atom. The number of Topliss-reactive ketones (excluding diaryl/α,β-unsaturated/α-hetero) is 1. The zero-order valence-corrected chi connectivity index (χ0v) is 18.3. The summed E-state index contributed by atoms with van der Waals surface area (Å²) in [6, 6.07) is 7.13. The first-order valence-electron chi connectivity index (χ1n) is 9.84. The monoisotopic (exact) mass is 430 g/mol. The highest BCUT2D eigenvalue weighted by Crippen LogP contribution is 2.26. The number of carbonyl (C=O) groups excluding carboxylic acids is 3. The van der Waals surface area contributed by atoms with Crippen LogP contribution < -0.4 is 10.2 Å². The third-order valence-electron chi connectivity index (χ3n) is 4.98. The molecule has 0 atom stereocenters. The zero-order chi connectivity index (χ0) is 21.7. The maximum atomic E-state index is 12.4. The molecule has 1 aromatic carbocycles. The standard InChI is InChI=1S/C22H26N2O5S/c1-14-12-17(15(2)30-14)20(25)6-7-21(26)23-19-5-4-16(13-18(19)22(27)28-3)24-8-10-29-11-9-24/h4-5,12-13H,6-11H2,1-3H3,(H,23,26). The molecule has 1 aliphatic rings. The summed E-state index contributed by atoms with van der Waals surface area (Å²) < 4.78 is 10.3. The Hall–Kier alpha value is -2.71. The number of nitrogens with one attached hydrogen (secondary N) is 1. The van der Waals surface area contributed by atoms with E-state index in [0.717, 1.165) is 28.5 Å². The van der Waals surface area contributed by atoms with Crippen LogP contribution in [0.15, 0.2) is 24.3 Å². The van der Waals surface area contributed by atoms with Gasteiger partial charge in [-0.05, 0) is 38.1 Å². The summed E-state index contributed by atoms with van der Waals surface area (Å²) >= 11 is 1.57. The van der Waals surface area contributed by atoms with Crippen molar-refractivity contribution in [3.8, 4) is 0 Å². The normalized spacial score (nSPS) is 13.8. The predicted octanol–water partition coefficient (Wildman–Crippen LogP) is 3.59. The Kier molecular flexibility index (Phi) is 7.23. The van der Waals surface area contributed by atoms with Crippen LogP contribution in [0.25, 0.3) is 0 Å². The molecule has 1 amide bonds. The molecule has 1 fully saturated rings. The van der Waals surface area contributed by atoms with Crippen molar-refractivity contribution in [1.29, 1.82) is 0 Å². The van der Waals surface area contributed by atoms with Gasteiger partial charge in [-0.1, -0.05) is 0 Å². The van der Waals surface area contributed by atoms with Crippen LogP contribution in [-0.2, 0) is 14.3 Å². The molecule has 1 saturated heterocycles. The molecule has 0 radical (unpaired) electrons. The van der Waals surface area contributed by atoms with E-state index < -0.39 is 5.97 Å². The molecule has 0 spiro atoms. The molecule has 7 nitrogen and oxygen atoms in total. The Labute approximate surface area is 180 Å². The van der Waals surface area contributed by atoms with E-state index in [-0.39, 0.29) is 30.1 Å². The van der Waals surface area contributed by atoms with Crippen LogP contribution in [0.4, 0.5) is 11.4 Å². The van der Waals surface area contributed by atoms with E-state index in [1.54, 1.807) is 23.5 Å². The fraction of sp³-hybridized carbons (Fsp3) is 0.409. The topological polar surface area (TPSA) is 84.9 Å². The second-order valence-corrected chi connectivity index (χ2v) is 8.58. The number of rotatable bonds is 7. The SMILES string of the molecule is COC(=O)c1cc(N2CCOCC2)ccc1NC(=O)CCC(=O)c1cc(C)sc1C. The number of methoxy groups -OCH3 is 1. The largest absolute Gasteiger partial charge is 0.465 e. The van der Waals surface area contributed by atoms with Crippen molar-refractivity contribution in [1.82, 2.24) is 0 Å². The van der Waals surface area contributed by atoms with E-state index in [1.807, 2.05) is 26.0 Å². The van der Waals surface area contributed by atoms with Crippen molar-refractivity contribution in [2.45, 2.75) is 26.7 Å². The minimum atomic E-state index is -0.527. The van der Waals surface area contributed by atoms with Gasteiger partial charge in [-0.25, -0.2) is 4.79 Å². The lowest BCUT2D eigenvalue weighted by molar-refractivity contribution is -0.116. The van der Waals surface area contributed by atoms with E-state index in [0.29, 0.717) is 24.5 Å². The van der Waals surface area contributed by atoms with Crippen molar-refractivity contribution in [3.05, 3.63) is 45.1 Å². The Balaban J connectivity index is 1.68. The summed E-state index contributed by atoms with van der Waals surface area (Å²) in [7, 11) is 1.30. The predicted molar refractivity (Wildman–Crippen MR) is 117 cm³/mol. The molecule has 2 heterocycles. The molecule has 0 aliphatic carbocycles. The number of esters is 1. The van der Waals surface area contributed by atoms with Crippen molar-refractivity contribution in [3.63, 3.8) is 0 Å². The number of hydrogen-bond donors (Lipinski definition) is 1. The molecule has 160 valence electrons. The van der Waals surface area contributed by atoms with Crippen LogP contribution in [0, 0.1) is 13.8 Å². The summed E-state index contributed by atoms with van der Waals surface area (Å²) in [4.78, 5) is 41.3. The van der Waals surface area contributed by atoms with Crippen LogP contribution in [0.1, 0.15) is 43.3 Å². The fourth-order valence-corrected chi connectivity index (χ4v) is 4.36. The minimum Gasteiger partial charge on any atom is -0.465 e. The lowest BCUT2D eigenvalue weighted by atomic mass is 10.1. The van der Waals surface area contributed by atoms with Gasteiger partial charge in [0, 0.05) is 46.9 Å². The van der Waals surface area contributed by atoms with Gasteiger partial charge in [0.15, 0.2) is 5.78 Å². The number of ketones is 1. The summed E-state index contributed by atoms with van der Waals surface area (Å²) in [6.45, 7) is 6.58. The molecule has 1 N–H and O–H groups in total. The number of carbonyl (C=O) groups is 3. The molecule has 0 saturated carbocycles. The van der Waals surface area contributed by atoms with Crippen LogP contribution in [0.3, 0.4) is 0 Å². The molecule has 1 aliphatic heterocycles. The molecule has 3 rings (SSSR count). The van der Waals surface area contributed by atoms with Gasteiger partial charge in [0.05, 0.1) is 31.6 Å². The van der Waals surface area contributed by atoms with Gasteiger partial charge in [-0.2, -0.15) is 0 Å². The first-order chi connectivity index (χ1) is 14.4. The molecule has 8 heteroatoms. The van der Waals surface area contributed by atoms with Crippen LogP contribution in [-0.4, -0.2) is 51.1 Å². The molecular weight excluding hydrogens is 404 g/mol. The Morgan fingerprint density at radius 3 is 2.47 bits per heavy atom. The molecule has 30 heavy (non-hydrogen) atoms. The van der Waals surface area contributed by atoms with E-state index in [2.05, 4.69) is 10.2 Å². The molecule has 0 bridgehead atoms. The van der Waals surface area contributed by atoms with Gasteiger partial charge in [-0.15, -0.1) is 11.3 Å². The third kappa shape index (κ3) is 5.25. The number of aryl methyl sites for hydroxylation is 2. The highest BCUT2D eigenvalue weighted by molar-refractivity contribution is 7.12. The zero-order valence-electron chi connectivity index (χ0n) is 17.4. The molecule has 0 unspecified atom stereocenters. The Morgan fingerprint density at radius 2 is 1.83 bits per heavy atom. The number of benzene rings is 1. The van der Waals surface area contributed by atoms with Crippen molar-refractivity contribution < 1.29 is 23.9 Å². The smallest absolute Gasteiger partial charge is 0.340 e. The maximum absolute atomic E-state index is 12.4. The molecular formula is C22H26N2O5S. The van der Waals surface area contributed by atoms with Crippen LogP contribution in [0.2, 0.25) is 0 Å². The maximum Gasteiger partial charge on any atom is 0.340 e. The van der Waals surface area contributed by atoms with E-state index in [9.17, 15) is 14.4 Å². The summed E-state index contributed by atoms with van der Waals surface area (Å²) in [5.41, 5.74) is 2.20. The van der Waals surface area contributed by atoms with Gasteiger partial charge in [0.2, 0.25) is 5.91 Å². The number of hydrogen-bond acceptors (Lipinski definition) is 7. The fourth-order valence-electron chi connectivity index (χ4n) is 3.42. The number of ether oxygens (including phenoxy) is 2. The summed E-state index contributed by atoms with van der Waals surface area (Å²) in [5, 5.41) is 2.75. The lowest BCUT2D eigenvalue weighted by Crippen LogP contribution is -2.36. The average molecular weight is 431 g/mol. The van der Waals surface area contributed by atoms with Gasteiger partial charge in [-0.3, -0.25) is 9.59 Å². The first-order valence-corrected chi connectivity index (χ1v) is 10.7. The van der Waals surface area contributed by atoms with Crippen LogP contribution >= 0.6 is 11.3 Å². The molecule has 2 aromatic rings. The second-order valence-electron chi connectivity index (χ2n) is 7.12. The number of thiophene rings is 1. The van der Waals surface area contributed by atoms with E-state index >= 15 is 0 Å². The van der Waals surface area contributed by atoms with Gasteiger partial charge < -0.3 is 19.7 Å². The average Bonchev–Trinajstić information content (AvgIpc) is 3.10. The van der Waals surface area contributed by atoms with Gasteiger partial charge in [0.25, 0.3) is 0 Å². The Bertz CT molecular complexity index is 947. The lowest BCUT2D eigenvalue weighted by Gasteiger charge is -2.29. The highest BCUT2D eigenvalue weighted by Gasteiger charge is 2.19. The van der Waals surface area contributed by atoms with Crippen molar-refractivity contribution in [2.75, 3.05) is 43.6 Å².